The van der Waals surface area contributed by atoms with Gasteiger partial charge in [-0.15, -0.1) is 0 Å². The minimum Gasteiger partial charge on any atom is -0.306 e. The van der Waals surface area contributed by atoms with Crippen molar-refractivity contribution in [3.8, 4) is 0 Å². The van der Waals surface area contributed by atoms with Crippen molar-refractivity contribution in [2.45, 2.75) is 6.92 Å². The van der Waals surface area contributed by atoms with Crippen molar-refractivity contribution in [2.75, 3.05) is 5.32 Å². The maximum atomic E-state index is 11.9. The third-order valence-corrected chi connectivity index (χ3v) is 2.94. The molecule has 5 nitrogen and oxygen atoms in total. The summed E-state index contributed by atoms with van der Waals surface area (Å²) in [5.41, 5.74) is 1.37. The molecule has 0 fully saturated rings. The van der Waals surface area contributed by atoms with Gasteiger partial charge in [0.2, 0.25) is 0 Å². The molecule has 88 valence electrons. The third-order valence-electron chi connectivity index (χ3n) is 2.44. The van der Waals surface area contributed by atoms with E-state index in [9.17, 15) is 4.79 Å². The van der Waals surface area contributed by atoms with Crippen LogP contribution in [0, 0.1) is 6.92 Å². The first-order valence-electron chi connectivity index (χ1n) is 4.99. The Morgan fingerprint density at radius 3 is 2.88 bits per heavy atom. The molecule has 0 spiro atoms. The largest absolute Gasteiger partial charge is 0.306 e. The van der Waals surface area contributed by atoms with Crippen LogP contribution in [0.4, 0.5) is 5.82 Å². The lowest BCUT2D eigenvalue weighted by Gasteiger charge is -2.04. The maximum Gasteiger partial charge on any atom is 0.260 e. The van der Waals surface area contributed by atoms with Crippen LogP contribution in [0.3, 0.4) is 0 Å². The molecule has 0 aliphatic carbocycles. The van der Waals surface area contributed by atoms with E-state index in [2.05, 4.69) is 31.3 Å². The van der Waals surface area contributed by atoms with Crippen LogP contribution in [0.5, 0.6) is 0 Å². The van der Waals surface area contributed by atoms with Gasteiger partial charge in [0.15, 0.2) is 0 Å². The van der Waals surface area contributed by atoms with E-state index < -0.39 is 0 Å². The summed E-state index contributed by atoms with van der Waals surface area (Å²) in [7, 11) is 1.80. The Hall–Kier alpha value is -1.69. The summed E-state index contributed by atoms with van der Waals surface area (Å²) in [6.07, 6.45) is 3.17. The topological polar surface area (TPSA) is 59.8 Å². The first-order chi connectivity index (χ1) is 8.08. The molecule has 2 heterocycles. The van der Waals surface area contributed by atoms with Crippen molar-refractivity contribution in [3.63, 3.8) is 0 Å². The molecule has 0 radical (unpaired) electrons. The van der Waals surface area contributed by atoms with E-state index in [1.165, 1.54) is 0 Å². The number of carbonyl (C=O) groups excluding carboxylic acids is 1. The molecule has 0 unspecified atom stereocenters. The van der Waals surface area contributed by atoms with Crippen LogP contribution in [-0.2, 0) is 7.05 Å². The Labute approximate surface area is 107 Å². The summed E-state index contributed by atoms with van der Waals surface area (Å²) in [6, 6.07) is 3.54. The summed E-state index contributed by atoms with van der Waals surface area (Å²) in [6.45, 7) is 1.84. The van der Waals surface area contributed by atoms with Crippen molar-refractivity contribution in [1.29, 1.82) is 0 Å². The number of hydrogen-bond donors (Lipinski definition) is 1. The highest BCUT2D eigenvalue weighted by molar-refractivity contribution is 9.10. The monoisotopic (exact) mass is 294 g/mol. The summed E-state index contributed by atoms with van der Waals surface area (Å²) in [5, 5.41) is 6.74. The number of aryl methyl sites for hydroxylation is 1. The fourth-order valence-corrected chi connectivity index (χ4v) is 1.71. The maximum absolute atomic E-state index is 11.9. The summed E-state index contributed by atoms with van der Waals surface area (Å²) < 4.78 is 2.52. The van der Waals surface area contributed by atoms with Gasteiger partial charge in [0, 0.05) is 23.4 Å². The molecule has 0 aromatic carbocycles. The zero-order valence-corrected chi connectivity index (χ0v) is 11.0. The average Bonchev–Trinajstić information content (AvgIpc) is 2.60. The molecule has 0 saturated carbocycles. The Kier molecular flexibility index (Phi) is 3.23. The lowest BCUT2D eigenvalue weighted by Crippen LogP contribution is -2.13. The highest BCUT2D eigenvalue weighted by Gasteiger charge is 2.13. The molecule has 2 rings (SSSR count). The predicted molar refractivity (Wildman–Crippen MR) is 67.8 cm³/mol. The molecule has 2 aromatic rings. The second-order valence-corrected chi connectivity index (χ2v) is 4.50. The van der Waals surface area contributed by atoms with E-state index >= 15 is 0 Å². The minimum atomic E-state index is -0.207. The molecule has 6 heteroatoms. The van der Waals surface area contributed by atoms with Gasteiger partial charge in [-0.05, 0) is 19.1 Å². The van der Waals surface area contributed by atoms with Crippen molar-refractivity contribution < 1.29 is 4.79 Å². The predicted octanol–water partition coefficient (Wildman–Crippen LogP) is 2.14. The van der Waals surface area contributed by atoms with Crippen LogP contribution < -0.4 is 5.32 Å². The van der Waals surface area contributed by atoms with Gasteiger partial charge in [-0.25, -0.2) is 4.98 Å². The third kappa shape index (κ3) is 2.52. The summed E-state index contributed by atoms with van der Waals surface area (Å²) >= 11 is 3.32. The van der Waals surface area contributed by atoms with Crippen molar-refractivity contribution in [2.24, 2.45) is 7.05 Å². The van der Waals surface area contributed by atoms with Crippen LogP contribution in [0.15, 0.2) is 29.0 Å². The zero-order valence-electron chi connectivity index (χ0n) is 9.44. The standard InChI is InChI=1S/C11H11BrN4O/c1-7-9(6-14-16(7)2)11(17)15-10-5-8(12)3-4-13-10/h3-6H,1-2H3,(H,13,15,17). The van der Waals surface area contributed by atoms with Gasteiger partial charge in [-0.1, -0.05) is 15.9 Å². The molecule has 0 aliphatic rings. The minimum absolute atomic E-state index is 0.207. The second kappa shape index (κ2) is 4.67. The van der Waals surface area contributed by atoms with Crippen LogP contribution in [0.25, 0.3) is 0 Å². The first-order valence-corrected chi connectivity index (χ1v) is 5.78. The molecule has 0 bridgehead atoms. The van der Waals surface area contributed by atoms with E-state index in [0.717, 1.165) is 10.2 Å². The summed E-state index contributed by atoms with van der Waals surface area (Å²) in [4.78, 5) is 16.0. The fraction of sp³-hybridized carbons (Fsp3) is 0.182. The van der Waals surface area contributed by atoms with E-state index in [4.69, 9.17) is 0 Å². The molecule has 0 atom stereocenters. The van der Waals surface area contributed by atoms with E-state index in [1.807, 2.05) is 6.92 Å². The highest BCUT2D eigenvalue weighted by Crippen LogP contribution is 2.14. The molecule has 2 aromatic heterocycles. The van der Waals surface area contributed by atoms with Crippen LogP contribution in [0.2, 0.25) is 0 Å². The van der Waals surface area contributed by atoms with Crippen LogP contribution in [-0.4, -0.2) is 20.7 Å². The zero-order chi connectivity index (χ0) is 12.4. The van der Waals surface area contributed by atoms with Gasteiger partial charge in [-0.3, -0.25) is 9.48 Å². The molecular weight excluding hydrogens is 284 g/mol. The first kappa shape index (κ1) is 11.8. The fourth-order valence-electron chi connectivity index (χ4n) is 1.38. The lowest BCUT2D eigenvalue weighted by atomic mass is 10.2. The quantitative estimate of drug-likeness (QED) is 0.923. The lowest BCUT2D eigenvalue weighted by molar-refractivity contribution is 0.102. The van der Waals surface area contributed by atoms with E-state index in [-0.39, 0.29) is 5.91 Å². The summed E-state index contributed by atoms with van der Waals surface area (Å²) in [5.74, 6) is 0.300. The highest BCUT2D eigenvalue weighted by atomic mass is 79.9. The van der Waals surface area contributed by atoms with Crippen LogP contribution >= 0.6 is 15.9 Å². The number of halogens is 1. The van der Waals surface area contributed by atoms with Gasteiger partial charge in [0.1, 0.15) is 5.82 Å². The molecular formula is C11H11BrN4O. The Morgan fingerprint density at radius 1 is 1.53 bits per heavy atom. The number of amides is 1. The number of pyridine rings is 1. The number of aromatic nitrogens is 3. The number of rotatable bonds is 2. The number of hydrogen-bond acceptors (Lipinski definition) is 3. The average molecular weight is 295 g/mol. The van der Waals surface area contributed by atoms with Gasteiger partial charge in [0.05, 0.1) is 11.8 Å². The number of carbonyl (C=O) groups is 1. The van der Waals surface area contributed by atoms with Gasteiger partial charge in [0.25, 0.3) is 5.91 Å². The smallest absolute Gasteiger partial charge is 0.260 e. The molecule has 1 amide bonds. The second-order valence-electron chi connectivity index (χ2n) is 3.58. The van der Waals surface area contributed by atoms with Crippen molar-refractivity contribution in [1.82, 2.24) is 14.8 Å². The molecule has 0 saturated heterocycles. The van der Waals surface area contributed by atoms with Crippen molar-refractivity contribution >= 4 is 27.7 Å². The Morgan fingerprint density at radius 2 is 2.29 bits per heavy atom. The van der Waals surface area contributed by atoms with Gasteiger partial charge < -0.3 is 5.32 Å². The molecule has 0 aliphatic heterocycles. The molecule has 1 N–H and O–H groups in total. The van der Waals surface area contributed by atoms with Crippen LogP contribution in [0.1, 0.15) is 16.1 Å². The number of nitrogens with zero attached hydrogens (tertiary/aromatic N) is 3. The van der Waals surface area contributed by atoms with E-state index in [1.54, 1.807) is 36.3 Å². The normalized spacial score (nSPS) is 10.3. The molecule has 17 heavy (non-hydrogen) atoms. The Bertz CT molecular complexity index is 564. The number of nitrogens with one attached hydrogen (secondary N) is 1. The number of anilines is 1. The van der Waals surface area contributed by atoms with Crippen molar-refractivity contribution in [3.05, 3.63) is 40.3 Å². The van der Waals surface area contributed by atoms with Gasteiger partial charge in [-0.2, -0.15) is 5.10 Å². The van der Waals surface area contributed by atoms with E-state index in [0.29, 0.717) is 11.4 Å². The Balaban J connectivity index is 2.20. The SMILES string of the molecule is Cc1c(C(=O)Nc2cc(Br)ccn2)cnn1C. The van der Waals surface area contributed by atoms with Gasteiger partial charge >= 0.3 is 0 Å².